The lowest BCUT2D eigenvalue weighted by Gasteiger charge is -2.03. The number of benzene rings is 1. The molecular weight excluding hydrogens is 178 g/mol. The Labute approximate surface area is 81.9 Å². The second kappa shape index (κ2) is 3.15. The quantitative estimate of drug-likeness (QED) is 0.674. The van der Waals surface area contributed by atoms with E-state index >= 15 is 0 Å². The molecule has 1 aromatic rings. The first-order chi connectivity index (χ1) is 6.76. The summed E-state index contributed by atoms with van der Waals surface area (Å²) in [5, 5.41) is 8.82. The maximum absolute atomic E-state index is 11.5. The third kappa shape index (κ3) is 1.16. The van der Waals surface area contributed by atoms with E-state index in [4.69, 9.17) is 10.00 Å². The number of carbonyl (C=O) groups excluding carboxylic acids is 1. The lowest BCUT2D eigenvalue weighted by molar-refractivity contribution is 0.0992. The van der Waals surface area contributed by atoms with E-state index < -0.39 is 0 Å². The topological polar surface area (TPSA) is 50.1 Å². The molecule has 0 aromatic heterocycles. The molecule has 0 bridgehead atoms. The normalized spacial score (nSPS) is 18.9. The van der Waals surface area contributed by atoms with Crippen molar-refractivity contribution in [2.24, 2.45) is 0 Å². The molecule has 0 radical (unpaired) electrons. The van der Waals surface area contributed by atoms with E-state index in [1.54, 1.807) is 25.3 Å². The first kappa shape index (κ1) is 8.76. The second-order valence-corrected chi connectivity index (χ2v) is 3.26. The number of hydrogen-bond acceptors (Lipinski definition) is 3. The monoisotopic (exact) mass is 187 g/mol. The van der Waals surface area contributed by atoms with Crippen molar-refractivity contribution in [3.8, 4) is 11.8 Å². The van der Waals surface area contributed by atoms with Crippen LogP contribution in [-0.2, 0) is 0 Å². The van der Waals surface area contributed by atoms with Gasteiger partial charge in [0.2, 0.25) is 0 Å². The van der Waals surface area contributed by atoms with Gasteiger partial charge in [-0.3, -0.25) is 4.79 Å². The van der Waals surface area contributed by atoms with E-state index in [-0.39, 0.29) is 11.7 Å². The highest BCUT2D eigenvalue weighted by Gasteiger charge is 2.29. The van der Waals surface area contributed by atoms with Crippen molar-refractivity contribution in [3.05, 3.63) is 29.3 Å². The Hall–Kier alpha value is -1.82. The summed E-state index contributed by atoms with van der Waals surface area (Å²) in [5.74, 6) is 0.421. The zero-order chi connectivity index (χ0) is 10.1. The van der Waals surface area contributed by atoms with E-state index in [9.17, 15) is 4.79 Å². The highest BCUT2D eigenvalue weighted by atomic mass is 16.5. The SMILES string of the molecule is COc1ccc2c(c1)C(=O)CC2C#N. The molecule has 2 rings (SSSR count). The molecule has 1 unspecified atom stereocenters. The van der Waals surface area contributed by atoms with Crippen molar-refractivity contribution < 1.29 is 9.53 Å². The van der Waals surface area contributed by atoms with Crippen LogP contribution in [0.15, 0.2) is 18.2 Å². The molecule has 1 aliphatic rings. The van der Waals surface area contributed by atoms with Gasteiger partial charge in [-0.1, -0.05) is 6.07 Å². The summed E-state index contributed by atoms with van der Waals surface area (Å²) < 4.78 is 5.02. The van der Waals surface area contributed by atoms with Crippen LogP contribution in [0.4, 0.5) is 0 Å². The van der Waals surface area contributed by atoms with Crippen LogP contribution in [0.25, 0.3) is 0 Å². The zero-order valence-corrected chi connectivity index (χ0v) is 7.78. The minimum Gasteiger partial charge on any atom is -0.497 e. The molecule has 0 N–H and O–H groups in total. The van der Waals surface area contributed by atoms with Crippen LogP contribution in [0.1, 0.15) is 28.3 Å². The van der Waals surface area contributed by atoms with Crippen molar-refractivity contribution in [1.82, 2.24) is 0 Å². The van der Waals surface area contributed by atoms with Crippen LogP contribution < -0.4 is 4.74 Å². The number of hydrogen-bond donors (Lipinski definition) is 0. The summed E-state index contributed by atoms with van der Waals surface area (Å²) in [7, 11) is 1.56. The molecule has 0 amide bonds. The minimum absolute atomic E-state index is 0.0328. The maximum Gasteiger partial charge on any atom is 0.164 e. The highest BCUT2D eigenvalue weighted by Crippen LogP contribution is 2.34. The van der Waals surface area contributed by atoms with Crippen LogP contribution in [0.2, 0.25) is 0 Å². The number of rotatable bonds is 1. The van der Waals surface area contributed by atoms with Gasteiger partial charge in [-0.05, 0) is 17.7 Å². The third-order valence-electron chi connectivity index (χ3n) is 2.48. The molecular formula is C11H9NO2. The van der Waals surface area contributed by atoms with Crippen molar-refractivity contribution >= 4 is 5.78 Å². The van der Waals surface area contributed by atoms with E-state index in [0.29, 0.717) is 17.7 Å². The summed E-state index contributed by atoms with van der Waals surface area (Å²) in [6.45, 7) is 0. The number of fused-ring (bicyclic) bond motifs is 1. The van der Waals surface area contributed by atoms with Crippen molar-refractivity contribution in [3.63, 3.8) is 0 Å². The molecule has 70 valence electrons. The standard InChI is InChI=1S/C11H9NO2/c1-14-8-2-3-9-7(6-12)4-11(13)10(9)5-8/h2-3,5,7H,4H2,1H3. The van der Waals surface area contributed by atoms with Crippen LogP contribution in [-0.4, -0.2) is 12.9 Å². The zero-order valence-electron chi connectivity index (χ0n) is 7.78. The fourth-order valence-corrected chi connectivity index (χ4v) is 1.73. The molecule has 3 heteroatoms. The van der Waals surface area contributed by atoms with Crippen LogP contribution in [0.5, 0.6) is 5.75 Å². The summed E-state index contributed by atoms with van der Waals surface area (Å²) in [4.78, 5) is 11.5. The summed E-state index contributed by atoms with van der Waals surface area (Å²) in [6, 6.07) is 7.41. The van der Waals surface area contributed by atoms with E-state index in [2.05, 4.69) is 6.07 Å². The molecule has 0 saturated carbocycles. The predicted molar refractivity (Wildman–Crippen MR) is 50.3 cm³/mol. The Balaban J connectivity index is 2.53. The smallest absolute Gasteiger partial charge is 0.164 e. The molecule has 1 aliphatic carbocycles. The number of ether oxygens (including phenoxy) is 1. The van der Waals surface area contributed by atoms with Crippen LogP contribution >= 0.6 is 0 Å². The summed E-state index contributed by atoms with van der Waals surface area (Å²) in [5.41, 5.74) is 1.47. The van der Waals surface area contributed by atoms with Gasteiger partial charge < -0.3 is 4.74 Å². The van der Waals surface area contributed by atoms with Crippen molar-refractivity contribution in [2.45, 2.75) is 12.3 Å². The predicted octanol–water partition coefficient (Wildman–Crippen LogP) is 1.89. The molecule has 3 nitrogen and oxygen atoms in total. The third-order valence-corrected chi connectivity index (χ3v) is 2.48. The lowest BCUT2D eigenvalue weighted by atomic mass is 10.0. The maximum atomic E-state index is 11.5. The van der Waals surface area contributed by atoms with Gasteiger partial charge in [-0.15, -0.1) is 0 Å². The van der Waals surface area contributed by atoms with Gasteiger partial charge in [-0.25, -0.2) is 0 Å². The lowest BCUT2D eigenvalue weighted by Crippen LogP contribution is -1.92. The second-order valence-electron chi connectivity index (χ2n) is 3.26. The van der Waals surface area contributed by atoms with Crippen molar-refractivity contribution in [2.75, 3.05) is 7.11 Å². The highest BCUT2D eigenvalue weighted by molar-refractivity contribution is 6.02. The van der Waals surface area contributed by atoms with Gasteiger partial charge >= 0.3 is 0 Å². The number of methoxy groups -OCH3 is 1. The molecule has 0 spiro atoms. The van der Waals surface area contributed by atoms with Gasteiger partial charge in [0.25, 0.3) is 0 Å². The fraction of sp³-hybridized carbons (Fsp3) is 0.273. The first-order valence-electron chi connectivity index (χ1n) is 4.37. The Kier molecular flexibility index (Phi) is 1.97. The van der Waals surface area contributed by atoms with E-state index in [0.717, 1.165) is 5.56 Å². The Morgan fingerprint density at radius 2 is 2.36 bits per heavy atom. The van der Waals surface area contributed by atoms with Gasteiger partial charge in [-0.2, -0.15) is 5.26 Å². The molecule has 1 atom stereocenters. The number of ketones is 1. The Bertz CT molecular complexity index is 431. The average molecular weight is 187 g/mol. The van der Waals surface area contributed by atoms with E-state index in [1.165, 1.54) is 0 Å². The number of nitrogens with zero attached hydrogens (tertiary/aromatic N) is 1. The van der Waals surface area contributed by atoms with E-state index in [1.807, 2.05) is 0 Å². The molecule has 0 fully saturated rings. The number of Topliss-reactive ketones (excluding diaryl/α,β-unsaturated/α-hetero) is 1. The Morgan fingerprint density at radius 1 is 1.57 bits per heavy atom. The minimum atomic E-state index is -0.275. The Morgan fingerprint density at radius 3 is 3.00 bits per heavy atom. The van der Waals surface area contributed by atoms with Gasteiger partial charge in [0.15, 0.2) is 5.78 Å². The largest absolute Gasteiger partial charge is 0.497 e. The van der Waals surface area contributed by atoms with Gasteiger partial charge in [0, 0.05) is 12.0 Å². The number of carbonyl (C=O) groups is 1. The van der Waals surface area contributed by atoms with Gasteiger partial charge in [0.1, 0.15) is 5.75 Å². The van der Waals surface area contributed by atoms with Gasteiger partial charge in [0.05, 0.1) is 19.1 Å². The molecule has 0 saturated heterocycles. The number of nitriles is 1. The fourth-order valence-electron chi connectivity index (χ4n) is 1.73. The molecule has 14 heavy (non-hydrogen) atoms. The summed E-state index contributed by atoms with van der Waals surface area (Å²) >= 11 is 0. The van der Waals surface area contributed by atoms with Crippen molar-refractivity contribution in [1.29, 1.82) is 5.26 Å². The first-order valence-corrected chi connectivity index (χ1v) is 4.37. The average Bonchev–Trinajstić information content (AvgIpc) is 2.55. The molecule has 1 aromatic carbocycles. The molecule has 0 aliphatic heterocycles. The molecule has 0 heterocycles. The van der Waals surface area contributed by atoms with Crippen LogP contribution in [0.3, 0.4) is 0 Å². The van der Waals surface area contributed by atoms with Crippen LogP contribution in [0, 0.1) is 11.3 Å². The summed E-state index contributed by atoms with van der Waals surface area (Å²) in [6.07, 6.45) is 0.305.